The number of hydrogen-bond acceptors (Lipinski definition) is 5. The van der Waals surface area contributed by atoms with Gasteiger partial charge < -0.3 is 10.5 Å². The molecule has 2 heterocycles. The number of anilines is 1. The Labute approximate surface area is 104 Å². The lowest BCUT2D eigenvalue weighted by molar-refractivity contribution is 0.151. The quantitative estimate of drug-likeness (QED) is 0.888. The minimum atomic E-state index is 0.293. The Kier molecular flexibility index (Phi) is 2.84. The van der Waals surface area contributed by atoms with Crippen LogP contribution in [0.1, 0.15) is 32.1 Å². The minimum Gasteiger partial charge on any atom is -0.474 e. The zero-order valence-electron chi connectivity index (χ0n) is 9.56. The molecule has 0 spiro atoms. The van der Waals surface area contributed by atoms with Crippen molar-refractivity contribution < 1.29 is 4.74 Å². The highest BCUT2D eigenvalue weighted by Crippen LogP contribution is 2.30. The summed E-state index contributed by atoms with van der Waals surface area (Å²) in [6, 6.07) is 2.00. The summed E-state index contributed by atoms with van der Waals surface area (Å²) < 4.78 is 5.98. The molecule has 1 aliphatic rings. The molecule has 2 N–H and O–H groups in total. The number of ether oxygens (including phenoxy) is 1. The average molecular weight is 249 g/mol. The second-order valence-corrected chi connectivity index (χ2v) is 5.30. The molecule has 1 aliphatic carbocycles. The van der Waals surface area contributed by atoms with Gasteiger partial charge in [0.2, 0.25) is 11.8 Å². The standard InChI is InChI=1S/C12H15N3OS/c13-12-14-10(9-6-7-17-11(9)15-12)16-8-4-2-1-3-5-8/h6-8H,1-5H2,(H2,13,14,15). The van der Waals surface area contributed by atoms with Crippen molar-refractivity contribution >= 4 is 27.5 Å². The van der Waals surface area contributed by atoms with Gasteiger partial charge >= 0.3 is 0 Å². The molecular formula is C12H15N3OS. The summed E-state index contributed by atoms with van der Waals surface area (Å²) in [6.07, 6.45) is 6.35. The lowest BCUT2D eigenvalue weighted by Crippen LogP contribution is -2.20. The molecule has 0 bridgehead atoms. The third-order valence-electron chi connectivity index (χ3n) is 3.14. The Balaban J connectivity index is 1.90. The fourth-order valence-electron chi connectivity index (χ4n) is 2.27. The monoisotopic (exact) mass is 249 g/mol. The molecule has 17 heavy (non-hydrogen) atoms. The van der Waals surface area contributed by atoms with Crippen LogP contribution < -0.4 is 10.5 Å². The topological polar surface area (TPSA) is 61.0 Å². The molecule has 5 heteroatoms. The van der Waals surface area contributed by atoms with E-state index in [4.69, 9.17) is 10.5 Å². The Morgan fingerprint density at radius 2 is 2.06 bits per heavy atom. The van der Waals surface area contributed by atoms with Crippen LogP contribution in [0.15, 0.2) is 11.4 Å². The third kappa shape index (κ3) is 2.20. The highest BCUT2D eigenvalue weighted by molar-refractivity contribution is 7.16. The lowest BCUT2D eigenvalue weighted by Gasteiger charge is -2.22. The summed E-state index contributed by atoms with van der Waals surface area (Å²) in [5, 5.41) is 2.97. The fraction of sp³-hybridized carbons (Fsp3) is 0.500. The molecule has 3 rings (SSSR count). The largest absolute Gasteiger partial charge is 0.474 e. The van der Waals surface area contributed by atoms with Gasteiger partial charge in [-0.05, 0) is 37.1 Å². The summed E-state index contributed by atoms with van der Waals surface area (Å²) in [4.78, 5) is 9.32. The third-order valence-corrected chi connectivity index (χ3v) is 3.94. The van der Waals surface area contributed by atoms with Gasteiger partial charge in [0.15, 0.2) is 0 Å². The minimum absolute atomic E-state index is 0.293. The second kappa shape index (κ2) is 4.49. The molecule has 0 atom stereocenters. The van der Waals surface area contributed by atoms with Gasteiger partial charge in [0.25, 0.3) is 0 Å². The van der Waals surface area contributed by atoms with Crippen LogP contribution in [0, 0.1) is 0 Å². The number of fused-ring (bicyclic) bond motifs is 1. The maximum Gasteiger partial charge on any atom is 0.227 e. The first kappa shape index (κ1) is 10.8. The van der Waals surface area contributed by atoms with E-state index < -0.39 is 0 Å². The maximum absolute atomic E-state index is 5.98. The zero-order chi connectivity index (χ0) is 11.7. The van der Waals surface area contributed by atoms with E-state index in [1.54, 1.807) is 11.3 Å². The molecular weight excluding hydrogens is 234 g/mol. The molecule has 90 valence electrons. The molecule has 2 aromatic rings. The molecule has 0 unspecified atom stereocenters. The summed E-state index contributed by atoms with van der Waals surface area (Å²) in [5.74, 6) is 0.950. The molecule has 1 fully saturated rings. The molecule has 0 amide bonds. The van der Waals surface area contributed by atoms with Crippen molar-refractivity contribution in [2.75, 3.05) is 5.73 Å². The van der Waals surface area contributed by atoms with E-state index in [0.29, 0.717) is 17.9 Å². The van der Waals surface area contributed by atoms with Gasteiger partial charge in [-0.3, -0.25) is 0 Å². The number of thiophene rings is 1. The number of hydrogen-bond donors (Lipinski definition) is 1. The molecule has 4 nitrogen and oxygen atoms in total. The normalized spacial score (nSPS) is 17.4. The van der Waals surface area contributed by atoms with Gasteiger partial charge in [-0.2, -0.15) is 4.98 Å². The van der Waals surface area contributed by atoms with E-state index in [1.165, 1.54) is 19.3 Å². The fourth-order valence-corrected chi connectivity index (χ4v) is 3.04. The first-order valence-corrected chi connectivity index (χ1v) is 6.88. The second-order valence-electron chi connectivity index (χ2n) is 4.40. The van der Waals surface area contributed by atoms with Crippen LogP contribution in [0.25, 0.3) is 10.2 Å². The Hall–Kier alpha value is -1.36. The molecule has 0 radical (unpaired) electrons. The van der Waals surface area contributed by atoms with Crippen molar-refractivity contribution in [2.24, 2.45) is 0 Å². The number of rotatable bonds is 2. The zero-order valence-corrected chi connectivity index (χ0v) is 10.4. The Morgan fingerprint density at radius 3 is 2.88 bits per heavy atom. The number of nitrogens with zero attached hydrogens (tertiary/aromatic N) is 2. The molecule has 0 aromatic carbocycles. The Bertz CT molecular complexity index is 519. The number of aromatic nitrogens is 2. The summed E-state index contributed by atoms with van der Waals surface area (Å²) in [6.45, 7) is 0. The average Bonchev–Trinajstić information content (AvgIpc) is 2.78. The van der Waals surface area contributed by atoms with Crippen LogP contribution >= 0.6 is 11.3 Å². The van der Waals surface area contributed by atoms with Crippen LogP contribution in [0.2, 0.25) is 0 Å². The van der Waals surface area contributed by atoms with Crippen LogP contribution in [0.3, 0.4) is 0 Å². The van der Waals surface area contributed by atoms with Gasteiger partial charge in [0.05, 0.1) is 5.39 Å². The first-order valence-electron chi connectivity index (χ1n) is 6.00. The summed E-state index contributed by atoms with van der Waals surface area (Å²) in [7, 11) is 0. The van der Waals surface area contributed by atoms with Gasteiger partial charge in [0, 0.05) is 0 Å². The predicted molar refractivity (Wildman–Crippen MR) is 69.3 cm³/mol. The van der Waals surface area contributed by atoms with Gasteiger partial charge in [-0.15, -0.1) is 11.3 Å². The highest BCUT2D eigenvalue weighted by Gasteiger charge is 2.17. The summed E-state index contributed by atoms with van der Waals surface area (Å²) >= 11 is 1.57. The van der Waals surface area contributed by atoms with E-state index in [2.05, 4.69) is 9.97 Å². The van der Waals surface area contributed by atoms with E-state index >= 15 is 0 Å². The van der Waals surface area contributed by atoms with E-state index in [-0.39, 0.29) is 0 Å². The highest BCUT2D eigenvalue weighted by atomic mass is 32.1. The van der Waals surface area contributed by atoms with E-state index in [0.717, 1.165) is 23.1 Å². The van der Waals surface area contributed by atoms with E-state index in [1.807, 2.05) is 11.4 Å². The van der Waals surface area contributed by atoms with Crippen LogP contribution in [-0.4, -0.2) is 16.1 Å². The van der Waals surface area contributed by atoms with Crippen molar-refractivity contribution in [3.63, 3.8) is 0 Å². The molecule has 0 saturated heterocycles. The van der Waals surface area contributed by atoms with Gasteiger partial charge in [0.1, 0.15) is 10.9 Å². The Morgan fingerprint density at radius 1 is 1.24 bits per heavy atom. The van der Waals surface area contributed by atoms with Crippen molar-refractivity contribution in [1.29, 1.82) is 0 Å². The molecule has 1 saturated carbocycles. The van der Waals surface area contributed by atoms with Crippen LogP contribution in [0.4, 0.5) is 5.95 Å². The number of nitrogens with two attached hydrogens (primary N) is 1. The van der Waals surface area contributed by atoms with Crippen molar-refractivity contribution in [3.8, 4) is 5.88 Å². The molecule has 0 aliphatic heterocycles. The van der Waals surface area contributed by atoms with Crippen LogP contribution in [-0.2, 0) is 0 Å². The molecule has 2 aromatic heterocycles. The number of nitrogen functional groups attached to an aromatic ring is 1. The van der Waals surface area contributed by atoms with Gasteiger partial charge in [-0.1, -0.05) is 6.42 Å². The van der Waals surface area contributed by atoms with Gasteiger partial charge in [-0.25, -0.2) is 4.98 Å². The maximum atomic E-state index is 5.98. The lowest BCUT2D eigenvalue weighted by atomic mass is 9.98. The summed E-state index contributed by atoms with van der Waals surface area (Å²) in [5.41, 5.74) is 5.69. The van der Waals surface area contributed by atoms with E-state index in [9.17, 15) is 0 Å². The SMILES string of the molecule is Nc1nc(OC2CCCCC2)c2ccsc2n1. The van der Waals surface area contributed by atoms with Crippen molar-refractivity contribution in [2.45, 2.75) is 38.2 Å². The smallest absolute Gasteiger partial charge is 0.227 e. The van der Waals surface area contributed by atoms with Crippen molar-refractivity contribution in [1.82, 2.24) is 9.97 Å². The van der Waals surface area contributed by atoms with Crippen molar-refractivity contribution in [3.05, 3.63) is 11.4 Å². The predicted octanol–water partition coefficient (Wildman–Crippen LogP) is 2.99. The first-order chi connectivity index (χ1) is 8.33. The van der Waals surface area contributed by atoms with Crippen LogP contribution in [0.5, 0.6) is 5.88 Å².